The summed E-state index contributed by atoms with van der Waals surface area (Å²) in [4.78, 5) is 6.16. The summed E-state index contributed by atoms with van der Waals surface area (Å²) >= 11 is 0. The smallest absolute Gasteiger partial charge is 0.294 e. The van der Waals surface area contributed by atoms with Crippen LogP contribution in [-0.4, -0.2) is 33.2 Å². The van der Waals surface area contributed by atoms with Crippen LogP contribution in [0.4, 0.5) is 0 Å². The Morgan fingerprint density at radius 1 is 1.00 bits per heavy atom. The molecule has 3 aromatic rings. The Bertz CT molecular complexity index is 827. The highest BCUT2D eigenvalue weighted by Gasteiger charge is 2.10. The Morgan fingerprint density at radius 2 is 1.67 bits per heavy atom. The number of hydrogen-bond acceptors (Lipinski definition) is 5. The molecule has 0 aliphatic carbocycles. The second-order valence-electron chi connectivity index (χ2n) is 4.09. The number of phenols is 2. The van der Waals surface area contributed by atoms with Crippen molar-refractivity contribution in [3.8, 4) is 11.5 Å². The third-order valence-corrected chi connectivity index (χ3v) is 3.46. The van der Waals surface area contributed by atoms with Gasteiger partial charge in [-0.1, -0.05) is 6.07 Å². The van der Waals surface area contributed by atoms with E-state index in [1.54, 1.807) is 18.7 Å². The van der Waals surface area contributed by atoms with E-state index in [-0.39, 0.29) is 16.4 Å². The first kappa shape index (κ1) is 14.8. The van der Waals surface area contributed by atoms with Gasteiger partial charge in [-0.15, -0.1) is 0 Å². The zero-order valence-corrected chi connectivity index (χ0v) is 11.4. The van der Waals surface area contributed by atoms with Crippen molar-refractivity contribution < 1.29 is 23.2 Å². The number of nitrogens with zero attached hydrogens (tertiary/aromatic N) is 1. The fourth-order valence-electron chi connectivity index (χ4n) is 1.63. The average molecular weight is 308 g/mol. The summed E-state index contributed by atoms with van der Waals surface area (Å²) in [7, 11) is -4.26. The molecule has 0 amide bonds. The summed E-state index contributed by atoms with van der Waals surface area (Å²) in [6.07, 6.45) is 5.08. The van der Waals surface area contributed by atoms with Gasteiger partial charge in [-0.3, -0.25) is 4.55 Å². The van der Waals surface area contributed by atoms with Crippen LogP contribution >= 0.6 is 0 Å². The predicted octanol–water partition coefficient (Wildman–Crippen LogP) is 1.91. The van der Waals surface area contributed by atoms with Crippen LogP contribution in [0.1, 0.15) is 0 Å². The van der Waals surface area contributed by atoms with Gasteiger partial charge in [-0.25, -0.2) is 4.98 Å². The van der Waals surface area contributed by atoms with Gasteiger partial charge in [0.05, 0.1) is 11.2 Å². The standard InChI is InChI=1S/C10H8O5S.C3H4N2/c11-9-4-6-1-2-8(16(13,14)15)3-7(6)5-10(9)12;1-2-5-3-4-1/h1-5,11-12H,(H,13,14,15);1-3H,(H,4,5). The molecule has 7 nitrogen and oxygen atoms in total. The normalized spacial score (nSPS) is 10.9. The number of aromatic amines is 1. The summed E-state index contributed by atoms with van der Waals surface area (Å²) < 4.78 is 30.6. The first-order chi connectivity index (χ1) is 9.88. The zero-order chi connectivity index (χ0) is 15.5. The molecule has 2 aromatic carbocycles. The number of nitrogens with one attached hydrogen (secondary N) is 1. The fourth-order valence-corrected chi connectivity index (χ4v) is 2.14. The van der Waals surface area contributed by atoms with Crippen molar-refractivity contribution in [1.82, 2.24) is 9.97 Å². The summed E-state index contributed by atoms with van der Waals surface area (Å²) in [6, 6.07) is 6.38. The second kappa shape index (κ2) is 5.81. The van der Waals surface area contributed by atoms with Crippen LogP contribution in [0.5, 0.6) is 11.5 Å². The number of fused-ring (bicyclic) bond motifs is 1. The van der Waals surface area contributed by atoms with Gasteiger partial charge in [0, 0.05) is 12.4 Å². The molecule has 0 aliphatic heterocycles. The van der Waals surface area contributed by atoms with Crippen molar-refractivity contribution in [2.75, 3.05) is 0 Å². The topological polar surface area (TPSA) is 124 Å². The van der Waals surface area contributed by atoms with Crippen LogP contribution in [0, 0.1) is 0 Å². The van der Waals surface area contributed by atoms with Crippen molar-refractivity contribution in [3.05, 3.63) is 49.1 Å². The quantitative estimate of drug-likeness (QED) is 0.402. The Kier molecular flexibility index (Phi) is 4.10. The third-order valence-electron chi connectivity index (χ3n) is 2.61. The molecule has 21 heavy (non-hydrogen) atoms. The number of hydrogen-bond donors (Lipinski definition) is 4. The van der Waals surface area contributed by atoms with Crippen LogP contribution in [0.25, 0.3) is 10.8 Å². The SMILES string of the molecule is O=S(=O)(O)c1ccc2cc(O)c(O)cc2c1.c1c[nH]cn1. The number of imidazole rings is 1. The Labute approximate surface area is 120 Å². The van der Waals surface area contributed by atoms with Crippen molar-refractivity contribution in [2.24, 2.45) is 0 Å². The lowest BCUT2D eigenvalue weighted by molar-refractivity contribution is 0.405. The summed E-state index contributed by atoms with van der Waals surface area (Å²) in [5.74, 6) is -0.632. The summed E-state index contributed by atoms with van der Waals surface area (Å²) in [5, 5.41) is 19.4. The van der Waals surface area contributed by atoms with Gasteiger partial charge in [0.25, 0.3) is 10.1 Å². The van der Waals surface area contributed by atoms with Gasteiger partial charge in [0.15, 0.2) is 11.5 Å². The molecule has 0 fully saturated rings. The van der Waals surface area contributed by atoms with Crippen LogP contribution in [0.2, 0.25) is 0 Å². The van der Waals surface area contributed by atoms with Crippen LogP contribution < -0.4 is 0 Å². The third kappa shape index (κ3) is 3.71. The largest absolute Gasteiger partial charge is 0.504 e. The zero-order valence-electron chi connectivity index (χ0n) is 10.6. The minimum atomic E-state index is -4.26. The molecule has 0 spiro atoms. The van der Waals surface area contributed by atoms with Crippen molar-refractivity contribution in [3.63, 3.8) is 0 Å². The van der Waals surface area contributed by atoms with Gasteiger partial charge in [0.1, 0.15) is 0 Å². The van der Waals surface area contributed by atoms with E-state index in [1.165, 1.54) is 30.3 Å². The van der Waals surface area contributed by atoms with Gasteiger partial charge in [0.2, 0.25) is 0 Å². The Balaban J connectivity index is 0.000000272. The fraction of sp³-hybridized carbons (Fsp3) is 0. The monoisotopic (exact) mass is 308 g/mol. The van der Waals surface area contributed by atoms with Crippen LogP contribution in [-0.2, 0) is 10.1 Å². The van der Waals surface area contributed by atoms with E-state index in [0.29, 0.717) is 10.8 Å². The number of phenolic OH excluding ortho intramolecular Hbond substituents is 2. The number of aromatic nitrogens is 2. The first-order valence-corrected chi connectivity index (χ1v) is 7.18. The molecule has 0 saturated heterocycles. The minimum Gasteiger partial charge on any atom is -0.504 e. The van der Waals surface area contributed by atoms with Gasteiger partial charge in [-0.2, -0.15) is 8.42 Å². The van der Waals surface area contributed by atoms with E-state index in [9.17, 15) is 18.6 Å². The van der Waals surface area contributed by atoms with E-state index in [1.807, 2.05) is 0 Å². The number of H-pyrrole nitrogens is 1. The Hall–Kier alpha value is -2.58. The average Bonchev–Trinajstić information content (AvgIpc) is 2.97. The van der Waals surface area contributed by atoms with E-state index < -0.39 is 10.1 Å². The van der Waals surface area contributed by atoms with Gasteiger partial charge in [-0.05, 0) is 35.0 Å². The van der Waals surface area contributed by atoms with E-state index in [4.69, 9.17) is 4.55 Å². The molecule has 3 rings (SSSR count). The van der Waals surface area contributed by atoms with E-state index in [0.717, 1.165) is 0 Å². The molecule has 0 aliphatic rings. The van der Waals surface area contributed by atoms with E-state index >= 15 is 0 Å². The predicted molar refractivity (Wildman–Crippen MR) is 75.7 cm³/mol. The number of rotatable bonds is 1. The maximum absolute atomic E-state index is 10.9. The lowest BCUT2D eigenvalue weighted by Gasteiger charge is -2.03. The lowest BCUT2D eigenvalue weighted by atomic mass is 10.1. The molecule has 0 saturated carbocycles. The van der Waals surface area contributed by atoms with Crippen molar-refractivity contribution in [2.45, 2.75) is 4.90 Å². The summed E-state index contributed by atoms with van der Waals surface area (Å²) in [5.41, 5.74) is 0. The molecular formula is C13H12N2O5S. The maximum Gasteiger partial charge on any atom is 0.294 e. The number of benzene rings is 2. The highest BCUT2D eigenvalue weighted by molar-refractivity contribution is 7.85. The molecule has 4 N–H and O–H groups in total. The first-order valence-electron chi connectivity index (χ1n) is 5.74. The molecule has 8 heteroatoms. The van der Waals surface area contributed by atoms with Crippen molar-refractivity contribution in [1.29, 1.82) is 0 Å². The molecule has 1 heterocycles. The van der Waals surface area contributed by atoms with Gasteiger partial charge < -0.3 is 15.2 Å². The highest BCUT2D eigenvalue weighted by atomic mass is 32.2. The molecule has 0 unspecified atom stereocenters. The molecule has 0 bridgehead atoms. The molecular weight excluding hydrogens is 296 g/mol. The maximum atomic E-state index is 10.9. The van der Waals surface area contributed by atoms with Crippen LogP contribution in [0.3, 0.4) is 0 Å². The van der Waals surface area contributed by atoms with Crippen LogP contribution in [0.15, 0.2) is 53.9 Å². The second-order valence-corrected chi connectivity index (χ2v) is 5.51. The van der Waals surface area contributed by atoms with Gasteiger partial charge >= 0.3 is 0 Å². The molecule has 0 atom stereocenters. The summed E-state index contributed by atoms with van der Waals surface area (Å²) in [6.45, 7) is 0. The molecule has 110 valence electrons. The number of aromatic hydroxyl groups is 2. The van der Waals surface area contributed by atoms with E-state index in [2.05, 4.69) is 9.97 Å². The molecule has 0 radical (unpaired) electrons. The highest BCUT2D eigenvalue weighted by Crippen LogP contribution is 2.31. The van der Waals surface area contributed by atoms with Crippen molar-refractivity contribution >= 4 is 20.9 Å². The molecule has 1 aromatic heterocycles. The lowest BCUT2D eigenvalue weighted by Crippen LogP contribution is -1.97. The Morgan fingerprint density at radius 3 is 2.14 bits per heavy atom. The minimum absolute atomic E-state index is 0.259.